The van der Waals surface area contributed by atoms with Crippen LogP contribution in [0.2, 0.25) is 0 Å². The highest BCUT2D eigenvalue weighted by Crippen LogP contribution is 2.10. The molecule has 0 bridgehead atoms. The third-order valence-electron chi connectivity index (χ3n) is 1.96. The topological polar surface area (TPSA) is 47.6 Å². The van der Waals surface area contributed by atoms with Crippen molar-refractivity contribution in [3.63, 3.8) is 0 Å². The van der Waals surface area contributed by atoms with Crippen molar-refractivity contribution >= 4 is 5.97 Å². The lowest BCUT2D eigenvalue weighted by molar-refractivity contribution is -0.159. The molecule has 16 heavy (non-hydrogen) atoms. The first-order chi connectivity index (χ1) is 7.37. The minimum Gasteiger partial charge on any atom is -0.460 e. The van der Waals surface area contributed by atoms with Crippen LogP contribution in [0.4, 0.5) is 0 Å². The van der Waals surface area contributed by atoms with Gasteiger partial charge in [0.2, 0.25) is 0 Å². The number of hydrogen-bond donors (Lipinski definition) is 1. The highest BCUT2D eigenvalue weighted by atomic mass is 16.6. The van der Waals surface area contributed by atoms with Gasteiger partial charge in [-0.3, -0.25) is 4.79 Å². The van der Waals surface area contributed by atoms with E-state index in [9.17, 15) is 4.79 Å². The van der Waals surface area contributed by atoms with Gasteiger partial charge in [-0.15, -0.1) is 0 Å². The lowest BCUT2D eigenvalue weighted by Crippen LogP contribution is -2.33. The number of carbonyl (C=O) groups is 1. The molecule has 4 nitrogen and oxygen atoms in total. The van der Waals surface area contributed by atoms with Crippen LogP contribution >= 0.6 is 0 Å². The maximum absolute atomic E-state index is 11.6. The molecular weight excluding hydrogens is 206 g/mol. The Hall–Kier alpha value is -0.610. The quantitative estimate of drug-likeness (QED) is 0.534. The molecule has 0 saturated carbocycles. The van der Waals surface area contributed by atoms with Crippen LogP contribution < -0.4 is 5.32 Å². The average molecular weight is 231 g/mol. The molecule has 0 heterocycles. The number of esters is 1. The van der Waals surface area contributed by atoms with Gasteiger partial charge in [0.1, 0.15) is 5.60 Å². The fourth-order valence-corrected chi connectivity index (χ4v) is 1.15. The second-order valence-corrected chi connectivity index (χ2v) is 4.98. The normalized spacial score (nSPS) is 13.6. The van der Waals surface area contributed by atoms with E-state index >= 15 is 0 Å². The lowest BCUT2D eigenvalue weighted by Gasteiger charge is -2.22. The van der Waals surface area contributed by atoms with E-state index in [-0.39, 0.29) is 11.9 Å². The first-order valence-corrected chi connectivity index (χ1v) is 5.79. The van der Waals surface area contributed by atoms with Crippen LogP contribution in [0.5, 0.6) is 0 Å². The second-order valence-electron chi connectivity index (χ2n) is 4.98. The van der Waals surface area contributed by atoms with Gasteiger partial charge in [-0.05, 0) is 33.7 Å². The summed E-state index contributed by atoms with van der Waals surface area (Å²) >= 11 is 0. The van der Waals surface area contributed by atoms with Crippen molar-refractivity contribution in [1.82, 2.24) is 5.32 Å². The SMILES string of the molecule is COCCCNC[C@@H](C)C(=O)OC(C)(C)C. The van der Waals surface area contributed by atoms with Crippen LogP contribution in [0.25, 0.3) is 0 Å². The van der Waals surface area contributed by atoms with Crippen LogP contribution in [0.1, 0.15) is 34.1 Å². The summed E-state index contributed by atoms with van der Waals surface area (Å²) < 4.78 is 10.2. The van der Waals surface area contributed by atoms with Crippen molar-refractivity contribution in [1.29, 1.82) is 0 Å². The zero-order valence-corrected chi connectivity index (χ0v) is 11.1. The van der Waals surface area contributed by atoms with Crippen LogP contribution in [0.3, 0.4) is 0 Å². The number of carbonyl (C=O) groups excluding carboxylic acids is 1. The van der Waals surface area contributed by atoms with Crippen molar-refractivity contribution in [2.45, 2.75) is 39.7 Å². The summed E-state index contributed by atoms with van der Waals surface area (Å²) in [6.07, 6.45) is 0.956. The summed E-state index contributed by atoms with van der Waals surface area (Å²) in [4.78, 5) is 11.6. The second kappa shape index (κ2) is 7.63. The fraction of sp³-hybridized carbons (Fsp3) is 0.917. The van der Waals surface area contributed by atoms with Gasteiger partial charge in [-0.25, -0.2) is 0 Å². The number of hydrogen-bond acceptors (Lipinski definition) is 4. The molecule has 0 aromatic rings. The first-order valence-electron chi connectivity index (χ1n) is 5.79. The van der Waals surface area contributed by atoms with Gasteiger partial charge in [0.15, 0.2) is 0 Å². The Labute approximate surface area is 98.7 Å². The maximum atomic E-state index is 11.6. The minimum atomic E-state index is -0.401. The Morgan fingerprint density at radius 1 is 1.38 bits per heavy atom. The molecule has 0 rings (SSSR count). The van der Waals surface area contributed by atoms with E-state index < -0.39 is 5.60 Å². The third-order valence-corrected chi connectivity index (χ3v) is 1.96. The molecule has 4 heteroatoms. The standard InChI is InChI=1S/C12H25NO3/c1-10(9-13-7-6-8-15-5)11(14)16-12(2,3)4/h10,13H,6-9H2,1-5H3/t10-/m1/s1. The molecule has 0 aliphatic rings. The predicted octanol–water partition coefficient (Wildman–Crippen LogP) is 1.59. The summed E-state index contributed by atoms with van der Waals surface area (Å²) in [5.74, 6) is -0.256. The highest BCUT2D eigenvalue weighted by Gasteiger charge is 2.21. The Kier molecular flexibility index (Phi) is 7.34. The molecule has 0 amide bonds. The molecule has 0 aliphatic heterocycles. The molecule has 0 fully saturated rings. The van der Waals surface area contributed by atoms with Gasteiger partial charge in [0.25, 0.3) is 0 Å². The highest BCUT2D eigenvalue weighted by molar-refractivity contribution is 5.72. The van der Waals surface area contributed by atoms with Crippen LogP contribution in [0, 0.1) is 5.92 Å². The molecule has 96 valence electrons. The van der Waals surface area contributed by atoms with Gasteiger partial charge in [0.05, 0.1) is 5.92 Å². The van der Waals surface area contributed by atoms with Crippen molar-refractivity contribution in [3.8, 4) is 0 Å². The smallest absolute Gasteiger partial charge is 0.310 e. The molecule has 0 aliphatic carbocycles. The maximum Gasteiger partial charge on any atom is 0.310 e. The summed E-state index contributed by atoms with van der Waals surface area (Å²) in [6.45, 7) is 9.77. The molecule has 0 aromatic carbocycles. The summed E-state index contributed by atoms with van der Waals surface area (Å²) in [5.41, 5.74) is -0.401. The van der Waals surface area contributed by atoms with E-state index in [4.69, 9.17) is 9.47 Å². The zero-order chi connectivity index (χ0) is 12.6. The fourth-order valence-electron chi connectivity index (χ4n) is 1.15. The Bertz CT molecular complexity index is 199. The Morgan fingerprint density at radius 2 is 2.00 bits per heavy atom. The van der Waals surface area contributed by atoms with Crippen molar-refractivity contribution in [3.05, 3.63) is 0 Å². The first kappa shape index (κ1) is 15.4. The molecular formula is C12H25NO3. The van der Waals surface area contributed by atoms with Crippen LogP contribution in [0.15, 0.2) is 0 Å². The molecule has 0 aromatic heterocycles. The van der Waals surface area contributed by atoms with Gasteiger partial charge in [0, 0.05) is 20.3 Å². The summed E-state index contributed by atoms with van der Waals surface area (Å²) in [6, 6.07) is 0. The minimum absolute atomic E-state index is 0.109. The largest absolute Gasteiger partial charge is 0.460 e. The van der Waals surface area contributed by atoms with Gasteiger partial charge in [-0.2, -0.15) is 0 Å². The Balaban J connectivity index is 3.64. The predicted molar refractivity (Wildman–Crippen MR) is 64.4 cm³/mol. The van der Waals surface area contributed by atoms with Gasteiger partial charge < -0.3 is 14.8 Å². The van der Waals surface area contributed by atoms with Crippen LogP contribution in [-0.2, 0) is 14.3 Å². The van der Waals surface area contributed by atoms with E-state index in [0.29, 0.717) is 6.54 Å². The molecule has 0 spiro atoms. The monoisotopic (exact) mass is 231 g/mol. The van der Waals surface area contributed by atoms with Crippen molar-refractivity contribution in [2.24, 2.45) is 5.92 Å². The number of nitrogens with one attached hydrogen (secondary N) is 1. The molecule has 0 radical (unpaired) electrons. The van der Waals surface area contributed by atoms with Gasteiger partial charge >= 0.3 is 5.97 Å². The van der Waals surface area contributed by atoms with Crippen molar-refractivity contribution in [2.75, 3.05) is 26.8 Å². The zero-order valence-electron chi connectivity index (χ0n) is 11.1. The van der Waals surface area contributed by atoms with Gasteiger partial charge in [-0.1, -0.05) is 6.92 Å². The summed E-state index contributed by atoms with van der Waals surface area (Å²) in [7, 11) is 1.68. The van der Waals surface area contributed by atoms with E-state index in [1.54, 1.807) is 7.11 Å². The Morgan fingerprint density at radius 3 is 2.50 bits per heavy atom. The van der Waals surface area contributed by atoms with E-state index in [1.165, 1.54) is 0 Å². The lowest BCUT2D eigenvalue weighted by atomic mass is 10.1. The number of ether oxygens (including phenoxy) is 2. The van der Waals surface area contributed by atoms with E-state index in [1.807, 2.05) is 27.7 Å². The average Bonchev–Trinajstić information content (AvgIpc) is 2.14. The molecule has 0 saturated heterocycles. The summed E-state index contributed by atoms with van der Waals surface area (Å²) in [5, 5.41) is 3.21. The number of rotatable bonds is 7. The molecule has 1 N–H and O–H groups in total. The number of methoxy groups -OCH3 is 1. The third kappa shape index (κ3) is 8.68. The molecule has 0 unspecified atom stereocenters. The van der Waals surface area contributed by atoms with E-state index in [0.717, 1.165) is 19.6 Å². The van der Waals surface area contributed by atoms with E-state index in [2.05, 4.69) is 5.32 Å². The van der Waals surface area contributed by atoms with Crippen molar-refractivity contribution < 1.29 is 14.3 Å². The van der Waals surface area contributed by atoms with Crippen LogP contribution in [-0.4, -0.2) is 38.4 Å². The molecule has 1 atom stereocenters.